The summed E-state index contributed by atoms with van der Waals surface area (Å²) in [6.07, 6.45) is 4.35. The van der Waals surface area contributed by atoms with Gasteiger partial charge in [0.15, 0.2) is 0 Å². The van der Waals surface area contributed by atoms with Gasteiger partial charge in [0.05, 0.1) is 5.69 Å². The van der Waals surface area contributed by atoms with Crippen molar-refractivity contribution in [2.24, 2.45) is 0 Å². The number of carbonyl (C=O) groups is 1. The Kier molecular flexibility index (Phi) is 4.86. The number of nitrogens with one attached hydrogen (secondary N) is 1. The van der Waals surface area contributed by atoms with E-state index in [1.54, 1.807) is 12.4 Å². The summed E-state index contributed by atoms with van der Waals surface area (Å²) in [6, 6.07) is 11.8. The van der Waals surface area contributed by atoms with E-state index in [4.69, 9.17) is 5.73 Å². The maximum absolute atomic E-state index is 12.4. The Labute approximate surface area is 144 Å². The minimum atomic E-state index is -0.204. The number of anilines is 1. The number of aromatic nitrogens is 2. The zero-order valence-corrected chi connectivity index (χ0v) is 14.1. The Morgan fingerprint density at radius 1 is 1.12 bits per heavy atom. The molecule has 1 amide bonds. The highest BCUT2D eigenvalue weighted by Crippen LogP contribution is 2.30. The van der Waals surface area contributed by atoms with Crippen molar-refractivity contribution in [2.45, 2.75) is 19.9 Å². The smallest absolute Gasteiger partial charge is 0.265 e. The summed E-state index contributed by atoms with van der Waals surface area (Å²) in [5.41, 5.74) is 10.3. The quantitative estimate of drug-likeness (QED) is 0.748. The lowest BCUT2D eigenvalue weighted by molar-refractivity contribution is 0.0956. The first-order valence-corrected chi connectivity index (χ1v) is 8.48. The average Bonchev–Trinajstić information content (AvgIpc) is 3.02. The van der Waals surface area contributed by atoms with Gasteiger partial charge in [0.1, 0.15) is 10.6 Å². The molecule has 0 bridgehead atoms. The predicted molar refractivity (Wildman–Crippen MR) is 96.7 cm³/mol. The number of pyridine rings is 1. The molecule has 2 heterocycles. The molecular weight excluding hydrogens is 320 g/mol. The predicted octanol–water partition coefficient (Wildman–Crippen LogP) is 3.28. The number of amides is 1. The molecule has 3 rings (SSSR count). The molecule has 0 aliphatic carbocycles. The number of carbonyl (C=O) groups excluding carboxylic acids is 1. The largest absolute Gasteiger partial charge is 0.396 e. The number of benzene rings is 1. The van der Waals surface area contributed by atoms with Gasteiger partial charge in [-0.3, -0.25) is 9.78 Å². The third-order valence-electron chi connectivity index (χ3n) is 3.77. The van der Waals surface area contributed by atoms with Crippen LogP contribution in [0.5, 0.6) is 0 Å². The van der Waals surface area contributed by atoms with Crippen molar-refractivity contribution in [1.82, 2.24) is 14.7 Å². The van der Waals surface area contributed by atoms with Gasteiger partial charge >= 0.3 is 0 Å². The third kappa shape index (κ3) is 3.44. The second-order valence-corrected chi connectivity index (χ2v) is 6.14. The van der Waals surface area contributed by atoms with E-state index in [1.807, 2.05) is 24.3 Å². The maximum Gasteiger partial charge on any atom is 0.265 e. The van der Waals surface area contributed by atoms with Gasteiger partial charge in [0.2, 0.25) is 0 Å². The van der Waals surface area contributed by atoms with Gasteiger partial charge in [-0.1, -0.05) is 31.2 Å². The number of aryl methyl sites for hydroxylation is 1. The summed E-state index contributed by atoms with van der Waals surface area (Å²) in [7, 11) is 0. The van der Waals surface area contributed by atoms with Crippen molar-refractivity contribution in [3.63, 3.8) is 0 Å². The van der Waals surface area contributed by atoms with Gasteiger partial charge in [0.25, 0.3) is 5.91 Å². The van der Waals surface area contributed by atoms with Crippen LogP contribution in [0, 0.1) is 0 Å². The molecule has 0 aliphatic heterocycles. The van der Waals surface area contributed by atoms with Crippen LogP contribution in [0.1, 0.15) is 27.7 Å². The molecule has 0 unspecified atom stereocenters. The van der Waals surface area contributed by atoms with Crippen molar-refractivity contribution < 1.29 is 4.79 Å². The van der Waals surface area contributed by atoms with Crippen molar-refractivity contribution in [3.05, 3.63) is 64.8 Å². The average molecular weight is 338 g/mol. The minimum Gasteiger partial charge on any atom is -0.396 e. The molecule has 122 valence electrons. The molecule has 6 heteroatoms. The lowest BCUT2D eigenvalue weighted by atomic mass is 10.1. The number of nitrogens with two attached hydrogens (primary N) is 1. The Balaban J connectivity index is 1.70. The number of nitrogen functional groups attached to an aromatic ring is 1. The van der Waals surface area contributed by atoms with Gasteiger partial charge in [-0.2, -0.15) is 4.37 Å². The van der Waals surface area contributed by atoms with Gasteiger partial charge in [0, 0.05) is 24.5 Å². The van der Waals surface area contributed by atoms with Crippen LogP contribution in [0.4, 0.5) is 5.69 Å². The van der Waals surface area contributed by atoms with Crippen LogP contribution < -0.4 is 11.1 Å². The number of hydrogen-bond donors (Lipinski definition) is 2. The summed E-state index contributed by atoms with van der Waals surface area (Å²) < 4.78 is 4.31. The van der Waals surface area contributed by atoms with Crippen LogP contribution in [-0.2, 0) is 13.0 Å². The molecule has 0 aliphatic rings. The van der Waals surface area contributed by atoms with Crippen LogP contribution >= 0.6 is 11.5 Å². The summed E-state index contributed by atoms with van der Waals surface area (Å²) in [5.74, 6) is -0.204. The molecule has 24 heavy (non-hydrogen) atoms. The first-order chi connectivity index (χ1) is 11.7. The van der Waals surface area contributed by atoms with Gasteiger partial charge in [-0.25, -0.2) is 0 Å². The highest BCUT2D eigenvalue weighted by atomic mass is 32.1. The normalized spacial score (nSPS) is 10.5. The van der Waals surface area contributed by atoms with Crippen LogP contribution in [0.3, 0.4) is 0 Å². The fraction of sp³-hybridized carbons (Fsp3) is 0.167. The summed E-state index contributed by atoms with van der Waals surface area (Å²) in [5, 5.41) is 2.90. The molecule has 0 atom stereocenters. The molecule has 0 saturated carbocycles. The number of nitrogens with zero attached hydrogens (tertiary/aromatic N) is 2. The van der Waals surface area contributed by atoms with E-state index in [9.17, 15) is 4.79 Å². The lowest BCUT2D eigenvalue weighted by Crippen LogP contribution is -2.22. The highest BCUT2D eigenvalue weighted by molar-refractivity contribution is 7.09. The zero-order valence-electron chi connectivity index (χ0n) is 13.3. The molecule has 2 aromatic heterocycles. The standard InChI is InChI=1S/C18H18N4OS/c1-2-12-3-5-13(6-4-12)11-21-18(23)17-15(19)16(22-24-17)14-7-9-20-10-8-14/h3-10H,2,11,19H2,1H3,(H,21,23). The number of hydrogen-bond acceptors (Lipinski definition) is 5. The topological polar surface area (TPSA) is 80.9 Å². The van der Waals surface area contributed by atoms with E-state index in [2.05, 4.69) is 33.7 Å². The van der Waals surface area contributed by atoms with Crippen molar-refractivity contribution in [1.29, 1.82) is 0 Å². The molecular formula is C18H18N4OS. The molecule has 3 aromatic rings. The zero-order chi connectivity index (χ0) is 16.9. The van der Waals surface area contributed by atoms with Crippen LogP contribution in [-0.4, -0.2) is 15.3 Å². The second-order valence-electron chi connectivity index (χ2n) is 5.36. The molecule has 5 nitrogen and oxygen atoms in total. The van der Waals surface area contributed by atoms with E-state index in [0.29, 0.717) is 22.8 Å². The first-order valence-electron chi connectivity index (χ1n) is 7.70. The van der Waals surface area contributed by atoms with Gasteiger partial charge in [-0.05, 0) is 41.2 Å². The van der Waals surface area contributed by atoms with Crippen LogP contribution in [0.15, 0.2) is 48.8 Å². The summed E-state index contributed by atoms with van der Waals surface area (Å²) in [6.45, 7) is 2.58. The third-order valence-corrected chi connectivity index (χ3v) is 4.63. The van der Waals surface area contributed by atoms with E-state index in [1.165, 1.54) is 5.56 Å². The second kappa shape index (κ2) is 7.23. The molecule has 0 saturated heterocycles. The Bertz CT molecular complexity index is 828. The van der Waals surface area contributed by atoms with E-state index < -0.39 is 0 Å². The number of rotatable bonds is 5. The molecule has 0 spiro atoms. The lowest BCUT2D eigenvalue weighted by Gasteiger charge is -2.05. The Hall–Kier alpha value is -2.73. The molecule has 0 radical (unpaired) electrons. The Morgan fingerprint density at radius 2 is 1.79 bits per heavy atom. The van der Waals surface area contributed by atoms with Crippen LogP contribution in [0.2, 0.25) is 0 Å². The minimum absolute atomic E-state index is 0.204. The van der Waals surface area contributed by atoms with E-state index in [-0.39, 0.29) is 5.91 Å². The van der Waals surface area contributed by atoms with Crippen molar-refractivity contribution in [2.75, 3.05) is 5.73 Å². The van der Waals surface area contributed by atoms with Crippen molar-refractivity contribution >= 4 is 23.1 Å². The molecule has 3 N–H and O–H groups in total. The highest BCUT2D eigenvalue weighted by Gasteiger charge is 2.18. The first kappa shape index (κ1) is 16.1. The Morgan fingerprint density at radius 3 is 2.46 bits per heavy atom. The maximum atomic E-state index is 12.4. The molecule has 0 fully saturated rings. The monoisotopic (exact) mass is 338 g/mol. The summed E-state index contributed by atoms with van der Waals surface area (Å²) in [4.78, 5) is 16.8. The fourth-order valence-corrected chi connectivity index (χ4v) is 3.07. The SMILES string of the molecule is CCc1ccc(CNC(=O)c2snc(-c3ccncc3)c2N)cc1. The molecule has 1 aromatic carbocycles. The summed E-state index contributed by atoms with van der Waals surface area (Å²) >= 11 is 1.11. The van der Waals surface area contributed by atoms with Crippen molar-refractivity contribution in [3.8, 4) is 11.3 Å². The van der Waals surface area contributed by atoms with Gasteiger partial charge < -0.3 is 11.1 Å². The van der Waals surface area contributed by atoms with E-state index >= 15 is 0 Å². The van der Waals surface area contributed by atoms with Crippen LogP contribution in [0.25, 0.3) is 11.3 Å². The van der Waals surface area contributed by atoms with Gasteiger partial charge in [-0.15, -0.1) is 0 Å². The van der Waals surface area contributed by atoms with E-state index in [0.717, 1.165) is 29.1 Å². The fourth-order valence-electron chi connectivity index (χ4n) is 2.33.